The Morgan fingerprint density at radius 2 is 2.12 bits per heavy atom. The molecule has 0 saturated carbocycles. The maximum atomic E-state index is 12.3. The molecule has 1 atom stereocenters. The monoisotopic (exact) mass is 326 g/mol. The van der Waals surface area contributed by atoms with Crippen molar-refractivity contribution in [3.8, 4) is 0 Å². The van der Waals surface area contributed by atoms with E-state index in [2.05, 4.69) is 17.2 Å². The smallest absolute Gasteiger partial charge is 0.227 e. The minimum atomic E-state index is -0.286. The first-order chi connectivity index (χ1) is 11.7. The van der Waals surface area contributed by atoms with Crippen molar-refractivity contribution in [2.45, 2.75) is 26.3 Å². The lowest BCUT2D eigenvalue weighted by atomic mass is 10.1. The third kappa shape index (κ3) is 3.64. The Balaban J connectivity index is 1.54. The Kier molecular flexibility index (Phi) is 4.93. The van der Waals surface area contributed by atoms with Gasteiger partial charge in [-0.1, -0.05) is 19.1 Å². The van der Waals surface area contributed by atoms with Crippen LogP contribution in [0.15, 0.2) is 43.0 Å². The topological polar surface area (TPSA) is 67.2 Å². The highest BCUT2D eigenvalue weighted by Crippen LogP contribution is 2.25. The molecule has 1 saturated heterocycles. The normalized spacial score (nSPS) is 17.3. The van der Waals surface area contributed by atoms with Crippen LogP contribution >= 0.6 is 0 Å². The predicted octanol–water partition coefficient (Wildman–Crippen LogP) is 1.61. The number of aryl methyl sites for hydroxylation is 1. The summed E-state index contributed by atoms with van der Waals surface area (Å²) >= 11 is 0. The van der Waals surface area contributed by atoms with Gasteiger partial charge in [-0.25, -0.2) is 4.98 Å². The Morgan fingerprint density at radius 1 is 1.33 bits per heavy atom. The maximum Gasteiger partial charge on any atom is 0.227 e. The van der Waals surface area contributed by atoms with Gasteiger partial charge in [0.1, 0.15) is 0 Å². The lowest BCUT2D eigenvalue weighted by Gasteiger charge is -2.17. The second kappa shape index (κ2) is 7.29. The number of benzene rings is 1. The molecule has 1 aliphatic heterocycles. The number of carbonyl (C=O) groups is 2. The molecule has 2 amide bonds. The zero-order valence-corrected chi connectivity index (χ0v) is 13.8. The summed E-state index contributed by atoms with van der Waals surface area (Å²) < 4.78 is 1.90. The van der Waals surface area contributed by atoms with Crippen LogP contribution in [0.5, 0.6) is 0 Å². The third-order valence-electron chi connectivity index (χ3n) is 4.38. The zero-order valence-electron chi connectivity index (χ0n) is 13.8. The van der Waals surface area contributed by atoms with Crippen LogP contribution in [0.2, 0.25) is 0 Å². The summed E-state index contributed by atoms with van der Waals surface area (Å²) in [5.74, 6) is -0.337. The van der Waals surface area contributed by atoms with Crippen molar-refractivity contribution in [1.29, 1.82) is 0 Å². The van der Waals surface area contributed by atoms with E-state index < -0.39 is 0 Å². The summed E-state index contributed by atoms with van der Waals surface area (Å²) in [6, 6.07) is 7.97. The number of amides is 2. The van der Waals surface area contributed by atoms with Crippen LogP contribution in [0.3, 0.4) is 0 Å². The van der Waals surface area contributed by atoms with E-state index >= 15 is 0 Å². The molecular weight excluding hydrogens is 304 g/mol. The number of aromatic nitrogens is 2. The Labute approximate surface area is 141 Å². The largest absolute Gasteiger partial charge is 0.354 e. The van der Waals surface area contributed by atoms with Crippen molar-refractivity contribution in [2.75, 3.05) is 18.0 Å². The van der Waals surface area contributed by atoms with Gasteiger partial charge < -0.3 is 14.8 Å². The molecular formula is C18H22N4O2. The molecule has 1 fully saturated rings. The highest BCUT2D eigenvalue weighted by atomic mass is 16.2. The summed E-state index contributed by atoms with van der Waals surface area (Å²) in [5.41, 5.74) is 2.10. The van der Waals surface area contributed by atoms with E-state index in [1.54, 1.807) is 17.4 Å². The number of carbonyl (C=O) groups excluding carboxylic acids is 2. The second-order valence-electron chi connectivity index (χ2n) is 6.02. The van der Waals surface area contributed by atoms with Crippen LogP contribution in [0.4, 0.5) is 5.69 Å². The van der Waals surface area contributed by atoms with Gasteiger partial charge in [-0.2, -0.15) is 0 Å². The molecule has 24 heavy (non-hydrogen) atoms. The van der Waals surface area contributed by atoms with Crippen LogP contribution in [-0.4, -0.2) is 34.5 Å². The molecule has 1 unspecified atom stereocenters. The van der Waals surface area contributed by atoms with E-state index in [-0.39, 0.29) is 24.2 Å². The van der Waals surface area contributed by atoms with Gasteiger partial charge in [0.2, 0.25) is 11.8 Å². The quantitative estimate of drug-likeness (QED) is 0.877. The fraction of sp³-hybridized carbons (Fsp3) is 0.389. The number of nitrogens with zero attached hydrogens (tertiary/aromatic N) is 3. The molecule has 6 heteroatoms. The Bertz CT molecular complexity index is 694. The van der Waals surface area contributed by atoms with E-state index in [0.29, 0.717) is 19.6 Å². The molecule has 0 radical (unpaired) electrons. The molecule has 0 aliphatic carbocycles. The summed E-state index contributed by atoms with van der Waals surface area (Å²) in [7, 11) is 0. The van der Waals surface area contributed by atoms with Crippen molar-refractivity contribution in [2.24, 2.45) is 5.92 Å². The van der Waals surface area contributed by atoms with Gasteiger partial charge >= 0.3 is 0 Å². The minimum absolute atomic E-state index is 0.00834. The van der Waals surface area contributed by atoms with Gasteiger partial charge in [0, 0.05) is 44.1 Å². The lowest BCUT2D eigenvalue weighted by Crippen LogP contribution is -2.34. The van der Waals surface area contributed by atoms with Crippen molar-refractivity contribution in [1.82, 2.24) is 14.9 Å². The Morgan fingerprint density at radius 3 is 2.79 bits per heavy atom. The minimum Gasteiger partial charge on any atom is -0.354 e. The van der Waals surface area contributed by atoms with Crippen LogP contribution in [0.25, 0.3) is 0 Å². The number of anilines is 1. The SMILES string of the molecule is CCc1ccc(N2CC(C(=O)NCCn3ccnc3)CC2=O)cc1. The van der Waals surface area contributed by atoms with Gasteiger partial charge in [-0.15, -0.1) is 0 Å². The fourth-order valence-electron chi connectivity index (χ4n) is 2.92. The fourth-order valence-corrected chi connectivity index (χ4v) is 2.92. The standard InChI is InChI=1S/C18H22N4O2/c1-2-14-3-5-16(6-4-14)22-12-15(11-17(22)23)18(24)20-8-10-21-9-7-19-13-21/h3-7,9,13,15H,2,8,10-12H2,1H3,(H,20,24). The summed E-state index contributed by atoms with van der Waals surface area (Å²) in [5, 5.41) is 2.91. The van der Waals surface area contributed by atoms with Crippen molar-refractivity contribution in [3.63, 3.8) is 0 Å². The first-order valence-electron chi connectivity index (χ1n) is 8.30. The number of imidazole rings is 1. The average Bonchev–Trinajstić information content (AvgIpc) is 3.24. The van der Waals surface area contributed by atoms with Crippen molar-refractivity contribution < 1.29 is 9.59 Å². The van der Waals surface area contributed by atoms with Crippen LogP contribution in [-0.2, 0) is 22.6 Å². The first kappa shape index (κ1) is 16.2. The molecule has 1 aromatic heterocycles. The number of hydrogen-bond donors (Lipinski definition) is 1. The zero-order chi connectivity index (χ0) is 16.9. The molecule has 6 nitrogen and oxygen atoms in total. The predicted molar refractivity (Wildman–Crippen MR) is 91.5 cm³/mol. The Hall–Kier alpha value is -2.63. The van der Waals surface area contributed by atoms with Gasteiger partial charge in [-0.05, 0) is 24.1 Å². The molecule has 1 aromatic carbocycles. The lowest BCUT2D eigenvalue weighted by molar-refractivity contribution is -0.126. The van der Waals surface area contributed by atoms with Crippen LogP contribution < -0.4 is 10.2 Å². The molecule has 1 N–H and O–H groups in total. The van der Waals surface area contributed by atoms with Crippen molar-refractivity contribution in [3.05, 3.63) is 48.5 Å². The van der Waals surface area contributed by atoms with E-state index in [1.165, 1.54) is 5.56 Å². The molecule has 0 spiro atoms. The summed E-state index contributed by atoms with van der Waals surface area (Å²) in [6.45, 7) is 3.75. The average molecular weight is 326 g/mol. The summed E-state index contributed by atoms with van der Waals surface area (Å²) in [6.07, 6.45) is 6.52. The first-order valence-corrected chi connectivity index (χ1v) is 8.30. The number of nitrogens with one attached hydrogen (secondary N) is 1. The molecule has 0 bridgehead atoms. The maximum absolute atomic E-state index is 12.3. The van der Waals surface area contributed by atoms with Gasteiger partial charge in [0.15, 0.2) is 0 Å². The van der Waals surface area contributed by atoms with Crippen LogP contribution in [0, 0.1) is 5.92 Å². The molecule has 2 heterocycles. The number of rotatable bonds is 6. The summed E-state index contributed by atoms with van der Waals surface area (Å²) in [4.78, 5) is 30.2. The van der Waals surface area contributed by atoms with E-state index in [9.17, 15) is 9.59 Å². The second-order valence-corrected chi connectivity index (χ2v) is 6.02. The highest BCUT2D eigenvalue weighted by Gasteiger charge is 2.34. The molecule has 1 aliphatic rings. The molecule has 3 rings (SSSR count). The van der Waals surface area contributed by atoms with Crippen LogP contribution in [0.1, 0.15) is 18.9 Å². The van der Waals surface area contributed by atoms with E-state index in [0.717, 1.165) is 12.1 Å². The molecule has 2 aromatic rings. The molecule has 126 valence electrons. The third-order valence-corrected chi connectivity index (χ3v) is 4.38. The van der Waals surface area contributed by atoms with Gasteiger partial charge in [-0.3, -0.25) is 9.59 Å². The van der Waals surface area contributed by atoms with Crippen molar-refractivity contribution >= 4 is 17.5 Å². The van der Waals surface area contributed by atoms with E-state index in [1.807, 2.05) is 35.0 Å². The van der Waals surface area contributed by atoms with Gasteiger partial charge in [0.25, 0.3) is 0 Å². The van der Waals surface area contributed by atoms with E-state index in [4.69, 9.17) is 0 Å². The number of hydrogen-bond acceptors (Lipinski definition) is 3. The highest BCUT2D eigenvalue weighted by molar-refractivity contribution is 6.00. The van der Waals surface area contributed by atoms with Gasteiger partial charge in [0.05, 0.1) is 12.2 Å².